The van der Waals surface area contributed by atoms with E-state index in [-0.39, 0.29) is 6.04 Å². The van der Waals surface area contributed by atoms with Crippen LogP contribution in [0.4, 0.5) is 8.78 Å². The van der Waals surface area contributed by atoms with Crippen LogP contribution in [0.5, 0.6) is 0 Å². The number of hydrogen-bond donors (Lipinski definition) is 1. The minimum absolute atomic E-state index is 0.0664. The Kier molecular flexibility index (Phi) is 5.53. The molecule has 2 rings (SSSR count). The number of nitrogens with one attached hydrogen (secondary N) is 1. The average Bonchev–Trinajstić information content (AvgIpc) is 2.41. The topological polar surface area (TPSA) is 12.0 Å². The van der Waals surface area contributed by atoms with E-state index in [1.54, 1.807) is 6.07 Å². The monoisotopic (exact) mass is 281 g/mol. The van der Waals surface area contributed by atoms with Crippen molar-refractivity contribution in [3.63, 3.8) is 0 Å². The van der Waals surface area contributed by atoms with Gasteiger partial charge in [0.1, 0.15) is 11.6 Å². The van der Waals surface area contributed by atoms with E-state index in [2.05, 4.69) is 12.2 Å². The Morgan fingerprint density at radius 3 is 2.50 bits per heavy atom. The summed E-state index contributed by atoms with van der Waals surface area (Å²) in [6.45, 7) is 4.19. The van der Waals surface area contributed by atoms with E-state index in [1.807, 2.05) is 6.92 Å². The fourth-order valence-electron chi connectivity index (χ4n) is 3.32. The molecule has 0 bridgehead atoms. The first kappa shape index (κ1) is 15.4. The second-order valence-corrected chi connectivity index (χ2v) is 6.06. The first-order valence-corrected chi connectivity index (χ1v) is 7.81. The van der Waals surface area contributed by atoms with Crippen molar-refractivity contribution in [3.8, 4) is 0 Å². The van der Waals surface area contributed by atoms with Crippen molar-refractivity contribution in [2.45, 2.75) is 64.5 Å². The highest BCUT2D eigenvalue weighted by molar-refractivity contribution is 5.21. The zero-order chi connectivity index (χ0) is 14.5. The Morgan fingerprint density at radius 1 is 1.20 bits per heavy atom. The lowest BCUT2D eigenvalue weighted by atomic mass is 9.83. The van der Waals surface area contributed by atoms with E-state index in [1.165, 1.54) is 31.7 Å². The summed E-state index contributed by atoms with van der Waals surface area (Å²) in [4.78, 5) is 0. The van der Waals surface area contributed by atoms with Gasteiger partial charge in [-0.15, -0.1) is 0 Å². The molecule has 0 spiro atoms. The maximum Gasteiger partial charge on any atom is 0.130 e. The van der Waals surface area contributed by atoms with E-state index in [0.717, 1.165) is 24.8 Å². The van der Waals surface area contributed by atoms with Gasteiger partial charge in [-0.25, -0.2) is 8.78 Å². The van der Waals surface area contributed by atoms with Crippen LogP contribution in [0, 0.1) is 17.6 Å². The van der Waals surface area contributed by atoms with Gasteiger partial charge in [0.2, 0.25) is 0 Å². The molecule has 0 amide bonds. The molecule has 1 aromatic rings. The van der Waals surface area contributed by atoms with E-state index in [0.29, 0.717) is 11.6 Å². The average molecular weight is 281 g/mol. The number of rotatable bonds is 5. The van der Waals surface area contributed by atoms with Gasteiger partial charge in [0, 0.05) is 23.7 Å². The maximum absolute atomic E-state index is 13.7. The Labute approximate surface area is 120 Å². The molecule has 1 aromatic carbocycles. The lowest BCUT2D eigenvalue weighted by Crippen LogP contribution is -2.35. The largest absolute Gasteiger partial charge is 0.307 e. The summed E-state index contributed by atoms with van der Waals surface area (Å²) < 4.78 is 26.7. The number of hydrogen-bond acceptors (Lipinski definition) is 1. The van der Waals surface area contributed by atoms with Crippen molar-refractivity contribution in [1.82, 2.24) is 5.32 Å². The summed E-state index contributed by atoms with van der Waals surface area (Å²) in [5, 5.41) is 3.50. The van der Waals surface area contributed by atoms with Gasteiger partial charge < -0.3 is 5.32 Å². The quantitative estimate of drug-likeness (QED) is 0.803. The van der Waals surface area contributed by atoms with Crippen LogP contribution in [0.1, 0.15) is 64.0 Å². The van der Waals surface area contributed by atoms with Gasteiger partial charge in [-0.1, -0.05) is 25.8 Å². The van der Waals surface area contributed by atoms with Crippen LogP contribution in [0.15, 0.2) is 18.2 Å². The highest BCUT2D eigenvalue weighted by atomic mass is 19.1. The van der Waals surface area contributed by atoms with Gasteiger partial charge in [0.15, 0.2) is 0 Å². The molecule has 1 nitrogen and oxygen atoms in total. The van der Waals surface area contributed by atoms with Crippen LogP contribution in [0.2, 0.25) is 0 Å². The van der Waals surface area contributed by atoms with Crippen molar-refractivity contribution < 1.29 is 8.78 Å². The summed E-state index contributed by atoms with van der Waals surface area (Å²) in [5.41, 5.74) is 0.557. The minimum atomic E-state index is -0.515. The van der Waals surface area contributed by atoms with Crippen LogP contribution in [-0.4, -0.2) is 6.04 Å². The Bertz CT molecular complexity index is 425. The molecule has 1 aliphatic carbocycles. The van der Waals surface area contributed by atoms with Gasteiger partial charge in [-0.3, -0.25) is 0 Å². The fraction of sp³-hybridized carbons (Fsp3) is 0.647. The summed E-state index contributed by atoms with van der Waals surface area (Å²) in [5.74, 6) is -0.0980. The lowest BCUT2D eigenvalue weighted by molar-refractivity contribution is 0.265. The number of halogens is 2. The van der Waals surface area contributed by atoms with Crippen LogP contribution >= 0.6 is 0 Å². The molecule has 0 saturated heterocycles. The third-order valence-electron chi connectivity index (χ3n) is 4.46. The van der Waals surface area contributed by atoms with Gasteiger partial charge in [-0.05, 0) is 44.6 Å². The molecule has 0 aromatic heterocycles. The fourth-order valence-corrected chi connectivity index (χ4v) is 3.32. The third-order valence-corrected chi connectivity index (χ3v) is 4.46. The first-order valence-electron chi connectivity index (χ1n) is 7.81. The van der Waals surface area contributed by atoms with Gasteiger partial charge in [-0.2, -0.15) is 0 Å². The number of benzene rings is 1. The molecule has 20 heavy (non-hydrogen) atoms. The van der Waals surface area contributed by atoms with Gasteiger partial charge >= 0.3 is 0 Å². The van der Waals surface area contributed by atoms with Crippen LogP contribution in [0.3, 0.4) is 0 Å². The predicted octanol–water partition coefficient (Wildman–Crippen LogP) is 4.97. The second kappa shape index (κ2) is 7.16. The lowest BCUT2D eigenvalue weighted by Gasteiger charge is -2.31. The van der Waals surface area contributed by atoms with Crippen LogP contribution < -0.4 is 5.32 Å². The molecule has 1 aliphatic rings. The zero-order valence-electron chi connectivity index (χ0n) is 12.5. The van der Waals surface area contributed by atoms with E-state index < -0.39 is 11.6 Å². The summed E-state index contributed by atoms with van der Waals surface area (Å²) in [6.07, 6.45) is 7.46. The van der Waals surface area contributed by atoms with Crippen molar-refractivity contribution in [3.05, 3.63) is 35.4 Å². The molecule has 1 N–H and O–H groups in total. The SMILES string of the molecule is CCCC1CCC(NC(C)c2ccc(F)cc2F)CC1. The van der Waals surface area contributed by atoms with Crippen LogP contribution in [-0.2, 0) is 0 Å². The molecule has 0 heterocycles. The minimum Gasteiger partial charge on any atom is -0.307 e. The van der Waals surface area contributed by atoms with Crippen molar-refractivity contribution in [2.75, 3.05) is 0 Å². The molecule has 1 saturated carbocycles. The zero-order valence-corrected chi connectivity index (χ0v) is 12.5. The third kappa shape index (κ3) is 4.02. The smallest absolute Gasteiger partial charge is 0.130 e. The molecule has 1 atom stereocenters. The second-order valence-electron chi connectivity index (χ2n) is 6.06. The maximum atomic E-state index is 13.7. The van der Waals surface area contributed by atoms with E-state index in [9.17, 15) is 8.78 Å². The highest BCUT2D eigenvalue weighted by Crippen LogP contribution is 2.29. The Balaban J connectivity index is 1.87. The van der Waals surface area contributed by atoms with Gasteiger partial charge in [0.05, 0.1) is 0 Å². The molecule has 3 heteroatoms. The molecular formula is C17H25F2N. The van der Waals surface area contributed by atoms with E-state index >= 15 is 0 Å². The molecule has 1 fully saturated rings. The summed E-state index contributed by atoms with van der Waals surface area (Å²) in [7, 11) is 0. The Hall–Kier alpha value is -0.960. The molecule has 112 valence electrons. The van der Waals surface area contributed by atoms with Crippen LogP contribution in [0.25, 0.3) is 0 Å². The van der Waals surface area contributed by atoms with E-state index in [4.69, 9.17) is 0 Å². The van der Waals surface area contributed by atoms with Gasteiger partial charge in [0.25, 0.3) is 0 Å². The highest BCUT2D eigenvalue weighted by Gasteiger charge is 2.22. The standard InChI is InChI=1S/C17H25F2N/c1-3-4-13-5-8-15(9-6-13)20-12(2)16-10-7-14(18)11-17(16)19/h7,10-13,15,20H,3-6,8-9H2,1-2H3. The Morgan fingerprint density at radius 2 is 1.90 bits per heavy atom. The molecule has 1 unspecified atom stereocenters. The first-order chi connectivity index (χ1) is 9.60. The molecule has 0 radical (unpaired) electrons. The molecular weight excluding hydrogens is 256 g/mol. The summed E-state index contributed by atoms with van der Waals surface area (Å²) >= 11 is 0. The molecule has 0 aliphatic heterocycles. The predicted molar refractivity (Wildman–Crippen MR) is 78.6 cm³/mol. The van der Waals surface area contributed by atoms with Crippen molar-refractivity contribution in [1.29, 1.82) is 0 Å². The summed E-state index contributed by atoms with van der Waals surface area (Å²) in [6, 6.07) is 4.23. The van der Waals surface area contributed by atoms with Crippen molar-refractivity contribution in [2.24, 2.45) is 5.92 Å². The normalized spacial score (nSPS) is 24.6. The van der Waals surface area contributed by atoms with Crippen molar-refractivity contribution >= 4 is 0 Å².